The second-order valence-electron chi connectivity index (χ2n) is 16.5. The summed E-state index contributed by atoms with van der Waals surface area (Å²) in [5, 5.41) is 24.1. The number of fused-ring (bicyclic) bond motifs is 1. The van der Waals surface area contributed by atoms with E-state index in [2.05, 4.69) is 27.3 Å². The molecule has 280 valence electrons. The summed E-state index contributed by atoms with van der Waals surface area (Å²) in [7, 11) is 1.62. The number of benzene rings is 1. The fourth-order valence-corrected chi connectivity index (χ4v) is 6.48. The summed E-state index contributed by atoms with van der Waals surface area (Å²) in [6.45, 7) is 13.1. The molecule has 51 heavy (non-hydrogen) atoms. The highest BCUT2D eigenvalue weighted by atomic mass is 16.5. The summed E-state index contributed by atoms with van der Waals surface area (Å²) >= 11 is 0. The van der Waals surface area contributed by atoms with Crippen LogP contribution in [0.2, 0.25) is 0 Å². The number of nitrogens with one attached hydrogen (secondary N) is 4. The number of rotatable bonds is 13. The Balaban J connectivity index is 1.44. The van der Waals surface area contributed by atoms with E-state index in [-0.39, 0.29) is 19.0 Å². The minimum absolute atomic E-state index is 0.0486. The predicted molar refractivity (Wildman–Crippen MR) is 193 cm³/mol. The van der Waals surface area contributed by atoms with Crippen molar-refractivity contribution in [2.75, 3.05) is 13.7 Å². The molecule has 13 heteroatoms. The largest absolute Gasteiger partial charge is 0.497 e. The van der Waals surface area contributed by atoms with E-state index in [4.69, 9.17) is 14.5 Å². The van der Waals surface area contributed by atoms with E-state index in [1.807, 2.05) is 66.7 Å². The van der Waals surface area contributed by atoms with Crippen LogP contribution in [-0.2, 0) is 14.4 Å². The third-order valence-electron chi connectivity index (χ3n) is 9.52. The van der Waals surface area contributed by atoms with Gasteiger partial charge in [-0.05, 0) is 87.9 Å². The van der Waals surface area contributed by atoms with Crippen LogP contribution in [0.1, 0.15) is 105 Å². The lowest BCUT2D eigenvalue weighted by Crippen LogP contribution is -2.61. The number of amides is 5. The topological polar surface area (TPSA) is 171 Å². The van der Waals surface area contributed by atoms with Gasteiger partial charge >= 0.3 is 6.03 Å². The number of carbonyl (C=O) groups excluding carboxylic acids is 4. The van der Waals surface area contributed by atoms with Crippen LogP contribution in [0.25, 0.3) is 10.8 Å². The van der Waals surface area contributed by atoms with Gasteiger partial charge in [-0.2, -0.15) is 0 Å². The number of aliphatic hydroxyl groups excluding tert-OH is 1. The normalized spacial score (nSPS) is 21.0. The zero-order valence-electron chi connectivity index (χ0n) is 31.3. The maximum absolute atomic E-state index is 14.5. The number of ether oxygens (including phenoxy) is 2. The third-order valence-corrected chi connectivity index (χ3v) is 9.52. The van der Waals surface area contributed by atoms with Crippen LogP contribution in [0.4, 0.5) is 4.79 Å². The van der Waals surface area contributed by atoms with Crippen LogP contribution in [-0.4, -0.2) is 94.3 Å². The molecule has 1 aromatic carbocycles. The molecule has 5 rings (SSSR count). The van der Waals surface area contributed by atoms with Gasteiger partial charge in [-0.3, -0.25) is 14.4 Å². The van der Waals surface area contributed by atoms with Crippen LogP contribution >= 0.6 is 0 Å². The SMILES string of the molecule is CCC[C@H](NC(=O)[C@@H]1C[C@@H](Oc2nc(C3CC3)cc3cc(OC)ccc23)CN1C(=O)[C@@H](NC(=O)NC(C)(C)C)C(C)(C)C)C(O)C(=O)NC1CC1. The summed E-state index contributed by atoms with van der Waals surface area (Å²) in [5.41, 5.74) is -0.335. The van der Waals surface area contributed by atoms with Gasteiger partial charge in [0.15, 0.2) is 6.10 Å². The van der Waals surface area contributed by atoms with Gasteiger partial charge in [0.1, 0.15) is 23.9 Å². The number of methoxy groups -OCH3 is 1. The molecule has 3 fully saturated rings. The van der Waals surface area contributed by atoms with Crippen LogP contribution in [0, 0.1) is 5.41 Å². The molecule has 5 N–H and O–H groups in total. The van der Waals surface area contributed by atoms with Gasteiger partial charge in [0.2, 0.25) is 17.7 Å². The Kier molecular flexibility index (Phi) is 11.4. The van der Waals surface area contributed by atoms with E-state index >= 15 is 0 Å². The van der Waals surface area contributed by atoms with E-state index in [0.717, 1.165) is 42.1 Å². The van der Waals surface area contributed by atoms with E-state index in [9.17, 15) is 24.3 Å². The number of carbonyl (C=O) groups is 4. The molecule has 0 bridgehead atoms. The number of aromatic nitrogens is 1. The van der Waals surface area contributed by atoms with E-state index in [1.165, 1.54) is 4.90 Å². The highest BCUT2D eigenvalue weighted by molar-refractivity contribution is 5.94. The van der Waals surface area contributed by atoms with Gasteiger partial charge in [-0.1, -0.05) is 34.1 Å². The van der Waals surface area contributed by atoms with E-state index in [0.29, 0.717) is 30.4 Å². The molecule has 2 saturated carbocycles. The highest BCUT2D eigenvalue weighted by Crippen LogP contribution is 2.42. The summed E-state index contributed by atoms with van der Waals surface area (Å²) in [5.74, 6) is 0.00506. The minimum Gasteiger partial charge on any atom is -0.497 e. The molecule has 0 spiro atoms. The smallest absolute Gasteiger partial charge is 0.315 e. The van der Waals surface area contributed by atoms with Crippen molar-refractivity contribution in [1.29, 1.82) is 0 Å². The lowest BCUT2D eigenvalue weighted by Gasteiger charge is -2.36. The second-order valence-corrected chi connectivity index (χ2v) is 16.5. The second kappa shape index (κ2) is 15.2. The Morgan fingerprint density at radius 1 is 1.02 bits per heavy atom. The molecular weight excluding hydrogens is 652 g/mol. The third kappa shape index (κ3) is 9.81. The molecule has 2 heterocycles. The first-order chi connectivity index (χ1) is 24.0. The Bertz CT molecular complexity index is 1610. The monoisotopic (exact) mass is 708 g/mol. The molecule has 5 amide bonds. The van der Waals surface area contributed by atoms with Crippen LogP contribution < -0.4 is 30.7 Å². The Morgan fingerprint density at radius 2 is 1.73 bits per heavy atom. The first-order valence-corrected chi connectivity index (χ1v) is 18.3. The maximum atomic E-state index is 14.5. The predicted octanol–water partition coefficient (Wildman–Crippen LogP) is 3.91. The van der Waals surface area contributed by atoms with Crippen molar-refractivity contribution < 1.29 is 33.8 Å². The van der Waals surface area contributed by atoms with Crippen LogP contribution in [0.3, 0.4) is 0 Å². The Labute approximate surface area is 301 Å². The van der Waals surface area contributed by atoms with Crippen molar-refractivity contribution in [3.8, 4) is 11.6 Å². The summed E-state index contributed by atoms with van der Waals surface area (Å²) in [6, 6.07) is 4.44. The zero-order chi connectivity index (χ0) is 37.2. The maximum Gasteiger partial charge on any atom is 0.315 e. The number of nitrogens with zero attached hydrogens (tertiary/aromatic N) is 2. The molecular formula is C38H56N6O7. The van der Waals surface area contributed by atoms with Gasteiger partial charge in [-0.25, -0.2) is 9.78 Å². The Morgan fingerprint density at radius 3 is 2.31 bits per heavy atom. The fourth-order valence-electron chi connectivity index (χ4n) is 6.48. The number of likely N-dealkylation sites (tertiary alicyclic amines) is 1. The zero-order valence-corrected chi connectivity index (χ0v) is 31.3. The number of aliphatic hydroxyl groups is 1. The van der Waals surface area contributed by atoms with Crippen molar-refractivity contribution in [2.45, 2.75) is 141 Å². The van der Waals surface area contributed by atoms with Crippen LogP contribution in [0.5, 0.6) is 11.6 Å². The number of urea groups is 1. The fraction of sp³-hybridized carbons (Fsp3) is 0.658. The van der Waals surface area contributed by atoms with Crippen molar-refractivity contribution in [3.05, 3.63) is 30.0 Å². The average Bonchev–Trinajstić information content (AvgIpc) is 3.99. The molecule has 1 aromatic heterocycles. The van der Waals surface area contributed by atoms with Crippen molar-refractivity contribution >= 4 is 34.5 Å². The number of pyridine rings is 1. The molecule has 1 unspecified atom stereocenters. The molecule has 2 aromatic rings. The summed E-state index contributed by atoms with van der Waals surface area (Å²) in [4.78, 5) is 61.0. The Hall–Kier alpha value is -4.13. The molecule has 0 radical (unpaired) electrons. The van der Waals surface area contributed by atoms with Crippen molar-refractivity contribution in [2.24, 2.45) is 5.41 Å². The molecule has 5 atom stereocenters. The molecule has 3 aliphatic rings. The van der Waals surface area contributed by atoms with Crippen LogP contribution in [0.15, 0.2) is 24.3 Å². The first kappa shape index (κ1) is 38.1. The first-order valence-electron chi connectivity index (χ1n) is 18.3. The van der Waals surface area contributed by atoms with E-state index < -0.39 is 65.0 Å². The van der Waals surface area contributed by atoms with Crippen molar-refractivity contribution in [1.82, 2.24) is 31.2 Å². The van der Waals surface area contributed by atoms with Crippen molar-refractivity contribution in [3.63, 3.8) is 0 Å². The molecule has 2 aliphatic carbocycles. The van der Waals surface area contributed by atoms with Gasteiger partial charge in [0, 0.05) is 35.0 Å². The summed E-state index contributed by atoms with van der Waals surface area (Å²) in [6.07, 6.45) is 2.86. The van der Waals surface area contributed by atoms with Gasteiger partial charge in [0.25, 0.3) is 5.91 Å². The molecule has 13 nitrogen and oxygen atoms in total. The van der Waals surface area contributed by atoms with E-state index in [1.54, 1.807) is 7.11 Å². The lowest BCUT2D eigenvalue weighted by molar-refractivity contribution is -0.143. The van der Waals surface area contributed by atoms with Gasteiger partial charge in [-0.15, -0.1) is 0 Å². The molecule has 1 aliphatic heterocycles. The quantitative estimate of drug-likeness (QED) is 0.209. The average molecular weight is 709 g/mol. The van der Waals surface area contributed by atoms with Gasteiger partial charge < -0.3 is 40.7 Å². The molecule has 1 saturated heterocycles. The number of hydrogen-bond acceptors (Lipinski definition) is 8. The standard InChI is InChI=1S/C38H56N6O7/c1-9-10-27(30(45)33(47)39-23-13-14-23)40-32(46)29-19-25(20-44(29)35(48)31(37(2,3)4)42-36(49)43-38(5,6)7)51-34-26-16-15-24(50-8)17-22(26)18-28(41-34)21-11-12-21/h15-18,21,23,25,27,29-31,45H,9-14,19-20H2,1-8H3,(H,39,47)(H,40,46)(H2,42,43,49)/t25-,27+,29+,30?,31-/m1/s1. The minimum atomic E-state index is -1.45. The number of hydrogen-bond donors (Lipinski definition) is 5. The lowest BCUT2D eigenvalue weighted by atomic mass is 9.85. The highest BCUT2D eigenvalue weighted by Gasteiger charge is 2.47. The summed E-state index contributed by atoms with van der Waals surface area (Å²) < 4.78 is 12.1. The van der Waals surface area contributed by atoms with Gasteiger partial charge in [0.05, 0.1) is 19.7 Å².